The molecule has 90 valence electrons. The summed E-state index contributed by atoms with van der Waals surface area (Å²) in [5, 5.41) is 0. The smallest absolute Gasteiger partial charge is 0.0720 e. The van der Waals surface area contributed by atoms with Crippen LogP contribution in [0.2, 0.25) is 0 Å². The predicted octanol–water partition coefficient (Wildman–Crippen LogP) is 4.42. The van der Waals surface area contributed by atoms with Crippen LogP contribution in [0.1, 0.15) is 45.6 Å². The molecule has 1 aromatic carbocycles. The summed E-state index contributed by atoms with van der Waals surface area (Å²) in [6.07, 6.45) is 4.07. The second-order valence-corrected chi connectivity index (χ2v) is 4.53. The van der Waals surface area contributed by atoms with Gasteiger partial charge in [-0.3, -0.25) is 0 Å². The molecule has 1 heteroatoms. The summed E-state index contributed by atoms with van der Waals surface area (Å²) in [6.45, 7) is 7.44. The Morgan fingerprint density at radius 2 is 1.69 bits per heavy atom. The molecule has 0 saturated heterocycles. The molecule has 0 N–H and O–H groups in total. The Morgan fingerprint density at radius 1 is 1.06 bits per heavy atom. The highest BCUT2D eigenvalue weighted by Crippen LogP contribution is 2.17. The first kappa shape index (κ1) is 13.2. The quantitative estimate of drug-likeness (QED) is 0.661. The lowest BCUT2D eigenvalue weighted by atomic mass is 9.97. The molecule has 0 aliphatic carbocycles. The maximum atomic E-state index is 5.86. The molecule has 0 aliphatic heterocycles. The van der Waals surface area contributed by atoms with Gasteiger partial charge in [-0.2, -0.15) is 0 Å². The zero-order valence-electron chi connectivity index (χ0n) is 10.8. The average molecular weight is 220 g/mol. The lowest BCUT2D eigenvalue weighted by Gasteiger charge is -2.18. The summed E-state index contributed by atoms with van der Waals surface area (Å²) < 4.78 is 5.86. The molecule has 1 rings (SSSR count). The van der Waals surface area contributed by atoms with Crippen LogP contribution in [0.5, 0.6) is 0 Å². The summed E-state index contributed by atoms with van der Waals surface area (Å²) in [4.78, 5) is 0. The fraction of sp³-hybridized carbons (Fsp3) is 0.600. The van der Waals surface area contributed by atoms with Crippen LogP contribution in [0.15, 0.2) is 30.3 Å². The van der Waals surface area contributed by atoms with Crippen molar-refractivity contribution in [1.82, 2.24) is 0 Å². The summed E-state index contributed by atoms with van der Waals surface area (Å²) in [5.74, 6) is 0.811. The van der Waals surface area contributed by atoms with Crippen molar-refractivity contribution in [3.63, 3.8) is 0 Å². The van der Waals surface area contributed by atoms with Crippen LogP contribution in [0, 0.1) is 5.92 Å². The molecule has 0 aliphatic rings. The molecule has 0 spiro atoms. The molecule has 0 radical (unpaired) electrons. The van der Waals surface area contributed by atoms with Crippen molar-refractivity contribution in [2.45, 2.75) is 52.7 Å². The van der Waals surface area contributed by atoms with E-state index in [2.05, 4.69) is 45.0 Å². The Bertz CT molecular complexity index is 264. The largest absolute Gasteiger partial charge is 0.374 e. The van der Waals surface area contributed by atoms with Gasteiger partial charge >= 0.3 is 0 Å². The third kappa shape index (κ3) is 4.80. The average Bonchev–Trinajstić information content (AvgIpc) is 2.34. The Balaban J connectivity index is 2.27. The summed E-state index contributed by atoms with van der Waals surface area (Å²) in [5.41, 5.74) is 1.26. The molecule has 1 atom stereocenters. The van der Waals surface area contributed by atoms with E-state index < -0.39 is 0 Å². The van der Waals surface area contributed by atoms with Gasteiger partial charge in [0.05, 0.1) is 12.7 Å². The second-order valence-electron chi connectivity index (χ2n) is 4.53. The van der Waals surface area contributed by atoms with Crippen LogP contribution < -0.4 is 0 Å². The van der Waals surface area contributed by atoms with Gasteiger partial charge in [-0.1, -0.05) is 57.0 Å². The fourth-order valence-electron chi connectivity index (χ4n) is 1.97. The van der Waals surface area contributed by atoms with Crippen molar-refractivity contribution in [3.05, 3.63) is 35.9 Å². The van der Waals surface area contributed by atoms with Gasteiger partial charge in [-0.15, -0.1) is 0 Å². The van der Waals surface area contributed by atoms with E-state index in [0.29, 0.717) is 6.10 Å². The third-order valence-corrected chi connectivity index (χ3v) is 3.20. The van der Waals surface area contributed by atoms with Gasteiger partial charge in [0.1, 0.15) is 0 Å². The van der Waals surface area contributed by atoms with E-state index in [4.69, 9.17) is 4.74 Å². The lowest BCUT2D eigenvalue weighted by molar-refractivity contribution is 0.0357. The third-order valence-electron chi connectivity index (χ3n) is 3.20. The van der Waals surface area contributed by atoms with E-state index in [1.807, 2.05) is 6.07 Å². The van der Waals surface area contributed by atoms with E-state index in [1.165, 1.54) is 24.8 Å². The predicted molar refractivity (Wildman–Crippen MR) is 69.4 cm³/mol. The number of ether oxygens (including phenoxy) is 1. The lowest BCUT2D eigenvalue weighted by Crippen LogP contribution is -2.13. The topological polar surface area (TPSA) is 9.23 Å². The van der Waals surface area contributed by atoms with Crippen molar-refractivity contribution in [3.8, 4) is 0 Å². The zero-order valence-corrected chi connectivity index (χ0v) is 10.8. The second kappa shape index (κ2) is 7.45. The SMILES string of the molecule is CCC(CC)CC(C)OCc1ccccc1. The highest BCUT2D eigenvalue weighted by atomic mass is 16.5. The van der Waals surface area contributed by atoms with Crippen LogP contribution in [0.4, 0.5) is 0 Å². The van der Waals surface area contributed by atoms with Crippen LogP contribution in [-0.4, -0.2) is 6.10 Å². The first-order chi connectivity index (χ1) is 7.76. The fourth-order valence-corrected chi connectivity index (χ4v) is 1.97. The zero-order chi connectivity index (χ0) is 11.8. The minimum absolute atomic E-state index is 0.366. The normalized spacial score (nSPS) is 13.0. The summed E-state index contributed by atoms with van der Waals surface area (Å²) in [6, 6.07) is 10.4. The van der Waals surface area contributed by atoms with Crippen molar-refractivity contribution < 1.29 is 4.74 Å². The van der Waals surface area contributed by atoms with E-state index in [1.54, 1.807) is 0 Å². The van der Waals surface area contributed by atoms with Gasteiger partial charge in [-0.25, -0.2) is 0 Å². The van der Waals surface area contributed by atoms with Crippen LogP contribution in [0.3, 0.4) is 0 Å². The Labute approximate surface area is 99.8 Å². The van der Waals surface area contributed by atoms with Crippen LogP contribution in [-0.2, 0) is 11.3 Å². The molecular formula is C15H24O. The number of rotatable bonds is 7. The molecule has 0 saturated carbocycles. The Morgan fingerprint density at radius 3 is 2.25 bits per heavy atom. The minimum atomic E-state index is 0.366. The maximum absolute atomic E-state index is 5.86. The van der Waals surface area contributed by atoms with E-state index >= 15 is 0 Å². The number of hydrogen-bond donors (Lipinski definition) is 0. The van der Waals surface area contributed by atoms with E-state index in [0.717, 1.165) is 12.5 Å². The minimum Gasteiger partial charge on any atom is -0.374 e. The van der Waals surface area contributed by atoms with Crippen molar-refractivity contribution >= 4 is 0 Å². The molecule has 0 aromatic heterocycles. The molecular weight excluding hydrogens is 196 g/mol. The molecule has 1 aromatic rings. The maximum Gasteiger partial charge on any atom is 0.0720 e. The molecule has 0 heterocycles. The van der Waals surface area contributed by atoms with Gasteiger partial charge < -0.3 is 4.74 Å². The summed E-state index contributed by atoms with van der Waals surface area (Å²) >= 11 is 0. The Hall–Kier alpha value is -0.820. The van der Waals surface area contributed by atoms with E-state index in [-0.39, 0.29) is 0 Å². The molecule has 1 unspecified atom stereocenters. The van der Waals surface area contributed by atoms with Gasteiger partial charge in [0.15, 0.2) is 0 Å². The standard InChI is InChI=1S/C15H24O/c1-4-14(5-2)11-13(3)16-12-15-9-7-6-8-10-15/h6-10,13-14H,4-5,11-12H2,1-3H3. The molecule has 16 heavy (non-hydrogen) atoms. The van der Waals surface area contributed by atoms with Gasteiger partial charge in [0.25, 0.3) is 0 Å². The van der Waals surface area contributed by atoms with Gasteiger partial charge in [0.2, 0.25) is 0 Å². The van der Waals surface area contributed by atoms with Gasteiger partial charge in [0, 0.05) is 0 Å². The molecule has 1 nitrogen and oxygen atoms in total. The van der Waals surface area contributed by atoms with Crippen molar-refractivity contribution in [2.24, 2.45) is 5.92 Å². The van der Waals surface area contributed by atoms with Crippen molar-refractivity contribution in [1.29, 1.82) is 0 Å². The molecule has 0 amide bonds. The monoisotopic (exact) mass is 220 g/mol. The molecule has 0 fully saturated rings. The van der Waals surface area contributed by atoms with Crippen LogP contribution in [0.25, 0.3) is 0 Å². The first-order valence-electron chi connectivity index (χ1n) is 6.41. The highest BCUT2D eigenvalue weighted by Gasteiger charge is 2.09. The number of benzene rings is 1. The molecule has 0 bridgehead atoms. The number of hydrogen-bond acceptors (Lipinski definition) is 1. The first-order valence-corrected chi connectivity index (χ1v) is 6.41. The van der Waals surface area contributed by atoms with Crippen molar-refractivity contribution in [2.75, 3.05) is 0 Å². The summed E-state index contributed by atoms with van der Waals surface area (Å²) in [7, 11) is 0. The van der Waals surface area contributed by atoms with Gasteiger partial charge in [-0.05, 0) is 24.8 Å². The van der Waals surface area contributed by atoms with Crippen LogP contribution >= 0.6 is 0 Å². The highest BCUT2D eigenvalue weighted by molar-refractivity contribution is 5.13. The Kier molecular flexibility index (Phi) is 6.17. The van der Waals surface area contributed by atoms with E-state index in [9.17, 15) is 0 Å².